The van der Waals surface area contributed by atoms with Crippen molar-refractivity contribution in [3.05, 3.63) is 95.0 Å². The van der Waals surface area contributed by atoms with Gasteiger partial charge in [-0.05, 0) is 42.5 Å². The number of benzene rings is 3. The lowest BCUT2D eigenvalue weighted by Crippen LogP contribution is -2.25. The molecule has 1 heterocycles. The fourth-order valence-electron chi connectivity index (χ4n) is 2.83. The van der Waals surface area contributed by atoms with Crippen molar-refractivity contribution in [2.45, 2.75) is 4.90 Å². The highest BCUT2D eigenvalue weighted by molar-refractivity contribution is 7.92. The Balaban J connectivity index is 1.82. The summed E-state index contributed by atoms with van der Waals surface area (Å²) in [5.74, 6) is 0. The molecule has 0 aliphatic carbocycles. The van der Waals surface area contributed by atoms with Crippen LogP contribution < -0.4 is 4.83 Å². The van der Waals surface area contributed by atoms with Gasteiger partial charge in [-0.2, -0.15) is 23.1 Å². The van der Waals surface area contributed by atoms with Crippen molar-refractivity contribution in [1.29, 1.82) is 0 Å². The van der Waals surface area contributed by atoms with Gasteiger partial charge in [0, 0.05) is 21.2 Å². The highest BCUT2D eigenvalue weighted by Crippen LogP contribution is 2.28. The minimum atomic E-state index is -3.83. The fraction of sp³-hybridized carbons (Fsp3) is 0. The number of hydrogen-bond acceptors (Lipinski definition) is 3. The average Bonchev–Trinajstić information content (AvgIpc) is 3.12. The van der Waals surface area contributed by atoms with Crippen molar-refractivity contribution < 1.29 is 8.42 Å². The second-order valence-corrected chi connectivity index (χ2v) is 8.79. The zero-order valence-electron chi connectivity index (χ0n) is 15.0. The molecule has 0 atom stereocenters. The van der Waals surface area contributed by atoms with Gasteiger partial charge in [-0.25, -0.2) is 0 Å². The molecule has 0 fully saturated rings. The molecule has 0 spiro atoms. The van der Waals surface area contributed by atoms with Crippen LogP contribution in [0.2, 0.25) is 10.0 Å². The molecule has 8 heteroatoms. The van der Waals surface area contributed by atoms with E-state index in [0.29, 0.717) is 21.4 Å². The predicted octanol–water partition coefficient (Wildman–Crippen LogP) is 5.46. The molecule has 0 amide bonds. The highest BCUT2D eigenvalue weighted by atomic mass is 35.5. The number of nitrogens with zero attached hydrogens (tertiary/aromatic N) is 2. The van der Waals surface area contributed by atoms with Gasteiger partial charge in [-0.1, -0.05) is 65.7 Å². The Labute approximate surface area is 178 Å². The maximum absolute atomic E-state index is 12.8. The molecule has 0 bridgehead atoms. The third kappa shape index (κ3) is 4.29. The monoisotopic (exact) mass is 443 g/mol. The van der Waals surface area contributed by atoms with Crippen LogP contribution in [0.25, 0.3) is 22.5 Å². The van der Waals surface area contributed by atoms with Crippen molar-refractivity contribution in [3.63, 3.8) is 0 Å². The molecule has 146 valence electrons. The summed E-state index contributed by atoms with van der Waals surface area (Å²) in [4.78, 5) is 3.92. The number of hydrogen-bond donors (Lipinski definition) is 1. The zero-order chi connectivity index (χ0) is 20.4. The van der Waals surface area contributed by atoms with Gasteiger partial charge in [0.25, 0.3) is 10.0 Å². The second-order valence-electron chi connectivity index (χ2n) is 6.25. The summed E-state index contributed by atoms with van der Waals surface area (Å²) in [5, 5.41) is 5.61. The van der Waals surface area contributed by atoms with E-state index >= 15 is 0 Å². The number of aromatic nitrogens is 2. The minimum Gasteiger partial charge on any atom is -0.200 e. The molecule has 0 saturated carbocycles. The SMILES string of the molecule is O=S(=O)(Nn1nc(-c2ccc(Cl)cc2)cc1-c1cccc(Cl)c1)c1ccccc1. The standard InChI is InChI=1S/C21H15Cl2N3O2S/c22-17-11-9-15(10-12-17)20-14-21(16-5-4-6-18(23)13-16)26(24-20)25-29(27,28)19-7-2-1-3-8-19/h1-14,25H. The zero-order valence-corrected chi connectivity index (χ0v) is 17.3. The largest absolute Gasteiger partial charge is 0.276 e. The van der Waals surface area contributed by atoms with Crippen LogP contribution in [0.5, 0.6) is 0 Å². The number of nitrogens with one attached hydrogen (secondary N) is 1. The van der Waals surface area contributed by atoms with Gasteiger partial charge in [0.15, 0.2) is 0 Å². The Morgan fingerprint density at radius 1 is 0.759 bits per heavy atom. The topological polar surface area (TPSA) is 64.0 Å². The van der Waals surface area contributed by atoms with E-state index in [4.69, 9.17) is 23.2 Å². The van der Waals surface area contributed by atoms with Crippen LogP contribution in [0.3, 0.4) is 0 Å². The van der Waals surface area contributed by atoms with Gasteiger partial charge in [0.2, 0.25) is 0 Å². The lowest BCUT2D eigenvalue weighted by Gasteiger charge is -2.11. The van der Waals surface area contributed by atoms with E-state index in [0.717, 1.165) is 11.1 Å². The van der Waals surface area contributed by atoms with Crippen molar-refractivity contribution >= 4 is 33.2 Å². The molecule has 5 nitrogen and oxygen atoms in total. The molecule has 3 aromatic carbocycles. The van der Waals surface area contributed by atoms with Gasteiger partial charge in [0.1, 0.15) is 0 Å². The first kappa shape index (κ1) is 19.5. The van der Waals surface area contributed by atoms with E-state index in [1.807, 2.05) is 18.2 Å². The van der Waals surface area contributed by atoms with Crippen LogP contribution in [0.1, 0.15) is 0 Å². The summed E-state index contributed by atoms with van der Waals surface area (Å²) < 4.78 is 25.7. The normalized spacial score (nSPS) is 11.4. The van der Waals surface area contributed by atoms with Crippen LogP contribution in [0.15, 0.2) is 89.8 Å². The van der Waals surface area contributed by atoms with Gasteiger partial charge < -0.3 is 0 Å². The van der Waals surface area contributed by atoms with Crippen LogP contribution in [0.4, 0.5) is 0 Å². The van der Waals surface area contributed by atoms with Crippen LogP contribution in [-0.2, 0) is 10.0 Å². The molecule has 1 aromatic heterocycles. The van der Waals surface area contributed by atoms with E-state index in [1.165, 1.54) is 16.9 Å². The molecular formula is C21H15Cl2N3O2S. The van der Waals surface area contributed by atoms with Gasteiger partial charge in [0.05, 0.1) is 16.3 Å². The summed E-state index contributed by atoms with van der Waals surface area (Å²) in [6.45, 7) is 0. The maximum Gasteiger partial charge on any atom is 0.276 e. The first-order chi connectivity index (χ1) is 13.9. The van der Waals surface area contributed by atoms with Crippen molar-refractivity contribution in [3.8, 4) is 22.5 Å². The molecule has 0 saturated heterocycles. The lowest BCUT2D eigenvalue weighted by molar-refractivity contribution is 0.592. The van der Waals surface area contributed by atoms with E-state index in [1.54, 1.807) is 54.6 Å². The lowest BCUT2D eigenvalue weighted by atomic mass is 10.1. The Kier molecular flexibility index (Phi) is 5.32. The van der Waals surface area contributed by atoms with E-state index in [9.17, 15) is 8.42 Å². The Bertz CT molecular complexity index is 1250. The van der Waals surface area contributed by atoms with Gasteiger partial charge in [-0.15, -0.1) is 0 Å². The minimum absolute atomic E-state index is 0.139. The summed E-state index contributed by atoms with van der Waals surface area (Å²) in [7, 11) is -3.83. The van der Waals surface area contributed by atoms with Gasteiger partial charge >= 0.3 is 0 Å². The summed E-state index contributed by atoms with van der Waals surface area (Å²) in [6, 6.07) is 24.2. The molecule has 1 N–H and O–H groups in total. The van der Waals surface area contributed by atoms with E-state index < -0.39 is 10.0 Å². The Hall–Kier alpha value is -2.80. The summed E-state index contributed by atoms with van der Waals surface area (Å²) in [6.07, 6.45) is 0. The van der Waals surface area contributed by atoms with Crippen LogP contribution in [-0.4, -0.2) is 18.3 Å². The summed E-state index contributed by atoms with van der Waals surface area (Å²) in [5.41, 5.74) is 2.67. The molecule has 0 aliphatic heterocycles. The first-order valence-electron chi connectivity index (χ1n) is 8.62. The molecule has 4 aromatic rings. The number of rotatable bonds is 5. The molecule has 4 rings (SSSR count). The predicted molar refractivity (Wildman–Crippen MR) is 116 cm³/mol. The van der Waals surface area contributed by atoms with Crippen molar-refractivity contribution in [1.82, 2.24) is 9.89 Å². The molecule has 0 radical (unpaired) electrons. The Morgan fingerprint density at radius 2 is 1.48 bits per heavy atom. The summed E-state index contributed by atoms with van der Waals surface area (Å²) >= 11 is 12.1. The van der Waals surface area contributed by atoms with Gasteiger partial charge in [-0.3, -0.25) is 0 Å². The molecular weight excluding hydrogens is 429 g/mol. The molecule has 0 aliphatic rings. The highest BCUT2D eigenvalue weighted by Gasteiger charge is 2.19. The van der Waals surface area contributed by atoms with E-state index in [2.05, 4.69) is 9.93 Å². The molecule has 29 heavy (non-hydrogen) atoms. The second kappa shape index (κ2) is 7.91. The third-order valence-electron chi connectivity index (χ3n) is 4.23. The average molecular weight is 444 g/mol. The third-order valence-corrected chi connectivity index (χ3v) is 6.02. The van der Waals surface area contributed by atoms with Crippen LogP contribution in [0, 0.1) is 0 Å². The number of halogens is 2. The van der Waals surface area contributed by atoms with Crippen molar-refractivity contribution in [2.75, 3.05) is 4.83 Å². The fourth-order valence-corrected chi connectivity index (χ4v) is 4.14. The quantitative estimate of drug-likeness (QED) is 0.445. The molecule has 0 unspecified atom stereocenters. The Morgan fingerprint density at radius 3 is 2.17 bits per heavy atom. The smallest absolute Gasteiger partial charge is 0.200 e. The van der Waals surface area contributed by atoms with E-state index in [-0.39, 0.29) is 4.90 Å². The number of sulfonamides is 1. The van der Waals surface area contributed by atoms with Crippen molar-refractivity contribution in [2.24, 2.45) is 0 Å². The van der Waals surface area contributed by atoms with Crippen LogP contribution >= 0.6 is 23.2 Å². The maximum atomic E-state index is 12.8. The first-order valence-corrected chi connectivity index (χ1v) is 10.9.